The van der Waals surface area contributed by atoms with Gasteiger partial charge in [-0.15, -0.1) is 0 Å². The summed E-state index contributed by atoms with van der Waals surface area (Å²) in [5.41, 5.74) is 4.10. The van der Waals surface area contributed by atoms with Gasteiger partial charge >= 0.3 is 0 Å². The first-order valence-electron chi connectivity index (χ1n) is 11.1. The molecule has 0 aliphatic heterocycles. The van der Waals surface area contributed by atoms with Crippen LogP contribution < -0.4 is 10.1 Å². The summed E-state index contributed by atoms with van der Waals surface area (Å²) in [5, 5.41) is 11.6. The summed E-state index contributed by atoms with van der Waals surface area (Å²) in [5.74, 6) is 0.865. The lowest BCUT2D eigenvalue weighted by atomic mass is 10.1. The third-order valence-corrected chi connectivity index (χ3v) is 5.44. The van der Waals surface area contributed by atoms with Crippen LogP contribution in [0.3, 0.4) is 0 Å². The predicted octanol–water partition coefficient (Wildman–Crippen LogP) is 4.86. The van der Waals surface area contributed by atoms with Crippen molar-refractivity contribution in [2.45, 2.75) is 13.8 Å². The van der Waals surface area contributed by atoms with Crippen molar-refractivity contribution in [1.29, 1.82) is 0 Å². The molecule has 180 valence electrons. The number of carbonyl (C=O) groups is 1. The zero-order valence-electron chi connectivity index (χ0n) is 19.8. The van der Waals surface area contributed by atoms with Gasteiger partial charge in [0.15, 0.2) is 5.82 Å². The summed E-state index contributed by atoms with van der Waals surface area (Å²) in [6.45, 7) is 3.87. The van der Waals surface area contributed by atoms with Gasteiger partial charge in [0.2, 0.25) is 5.88 Å². The minimum atomic E-state index is -0.330. The van der Waals surface area contributed by atoms with Crippen molar-refractivity contribution in [2.75, 3.05) is 5.32 Å². The number of nitrogens with zero attached hydrogens (tertiary/aromatic N) is 6. The molecule has 0 saturated heterocycles. The Kier molecular flexibility index (Phi) is 5.99. The highest BCUT2D eigenvalue weighted by molar-refractivity contribution is 6.03. The molecule has 10 heteroatoms. The number of aryl methyl sites for hydroxylation is 3. The van der Waals surface area contributed by atoms with Gasteiger partial charge in [0.05, 0.1) is 11.4 Å². The number of benzene rings is 2. The molecule has 0 radical (unpaired) electrons. The number of rotatable bonds is 6. The molecule has 5 rings (SSSR count). The molecule has 0 atom stereocenters. The monoisotopic (exact) mass is 483 g/mol. The van der Waals surface area contributed by atoms with Crippen LogP contribution in [0.4, 0.5) is 10.1 Å². The Morgan fingerprint density at radius 1 is 0.944 bits per heavy atom. The van der Waals surface area contributed by atoms with Crippen molar-refractivity contribution < 1.29 is 13.9 Å². The average molecular weight is 484 g/mol. The molecule has 1 amide bonds. The Labute approximate surface area is 206 Å². The molecule has 9 nitrogen and oxygen atoms in total. The SMILES string of the molecule is Cc1cc(C)n(-c2cc(Oc3ccc(NC(=O)c4cc(-c5ccc(F)cc5)nn4C)cc3)ncn2)n1. The van der Waals surface area contributed by atoms with E-state index in [-0.39, 0.29) is 11.7 Å². The third kappa shape index (κ3) is 4.83. The van der Waals surface area contributed by atoms with Crippen molar-refractivity contribution in [1.82, 2.24) is 29.5 Å². The first-order chi connectivity index (χ1) is 17.4. The van der Waals surface area contributed by atoms with E-state index in [9.17, 15) is 9.18 Å². The minimum Gasteiger partial charge on any atom is -0.439 e. The number of carbonyl (C=O) groups excluding carboxylic acids is 1. The minimum absolute atomic E-state index is 0.322. The van der Waals surface area contributed by atoms with Gasteiger partial charge in [-0.2, -0.15) is 10.2 Å². The number of hydrogen-bond donors (Lipinski definition) is 1. The van der Waals surface area contributed by atoms with Crippen LogP contribution in [-0.4, -0.2) is 35.4 Å². The number of ether oxygens (including phenoxy) is 1. The highest BCUT2D eigenvalue weighted by Gasteiger charge is 2.15. The average Bonchev–Trinajstić information content (AvgIpc) is 3.42. The van der Waals surface area contributed by atoms with Crippen LogP contribution in [0, 0.1) is 19.7 Å². The second kappa shape index (κ2) is 9.41. The molecule has 0 unspecified atom stereocenters. The molecule has 3 heterocycles. The van der Waals surface area contributed by atoms with E-state index >= 15 is 0 Å². The van der Waals surface area contributed by atoms with Crippen LogP contribution in [-0.2, 0) is 7.05 Å². The topological polar surface area (TPSA) is 99.8 Å². The molecule has 5 aromatic rings. The van der Waals surface area contributed by atoms with E-state index in [1.54, 1.807) is 60.3 Å². The van der Waals surface area contributed by atoms with Crippen molar-refractivity contribution in [3.63, 3.8) is 0 Å². The lowest BCUT2D eigenvalue weighted by molar-refractivity contribution is 0.101. The predicted molar refractivity (Wildman–Crippen MR) is 132 cm³/mol. The van der Waals surface area contributed by atoms with E-state index in [1.165, 1.54) is 23.1 Å². The van der Waals surface area contributed by atoms with E-state index in [0.717, 1.165) is 17.0 Å². The van der Waals surface area contributed by atoms with Crippen molar-refractivity contribution in [2.24, 2.45) is 7.05 Å². The summed E-state index contributed by atoms with van der Waals surface area (Å²) >= 11 is 0. The molecule has 0 saturated carbocycles. The van der Waals surface area contributed by atoms with Gasteiger partial charge in [-0.1, -0.05) is 0 Å². The molecule has 0 bridgehead atoms. The lowest BCUT2D eigenvalue weighted by Gasteiger charge is -2.09. The number of aromatic nitrogens is 6. The zero-order chi connectivity index (χ0) is 25.2. The Hall–Kier alpha value is -4.86. The number of hydrogen-bond acceptors (Lipinski definition) is 6. The molecule has 3 aromatic heterocycles. The van der Waals surface area contributed by atoms with Crippen LogP contribution in [0.25, 0.3) is 17.1 Å². The van der Waals surface area contributed by atoms with Gasteiger partial charge in [-0.25, -0.2) is 19.0 Å². The number of amides is 1. The fraction of sp³-hybridized carbons (Fsp3) is 0.115. The number of nitrogens with one attached hydrogen (secondary N) is 1. The maximum Gasteiger partial charge on any atom is 0.273 e. The van der Waals surface area contributed by atoms with Crippen LogP contribution in [0.15, 0.2) is 73.1 Å². The molecule has 1 N–H and O–H groups in total. The van der Waals surface area contributed by atoms with E-state index in [4.69, 9.17) is 4.74 Å². The summed E-state index contributed by atoms with van der Waals surface area (Å²) in [6, 6.07) is 18.2. The van der Waals surface area contributed by atoms with E-state index in [0.29, 0.717) is 34.5 Å². The normalized spacial score (nSPS) is 10.9. The zero-order valence-corrected chi connectivity index (χ0v) is 19.8. The molecule has 0 fully saturated rings. The fourth-order valence-electron chi connectivity index (χ4n) is 3.73. The Bertz CT molecular complexity index is 1540. The van der Waals surface area contributed by atoms with Crippen LogP contribution in [0.5, 0.6) is 11.6 Å². The second-order valence-corrected chi connectivity index (χ2v) is 8.18. The molecular formula is C26H22FN7O2. The molecule has 0 spiro atoms. The van der Waals surface area contributed by atoms with Crippen molar-refractivity contribution in [3.8, 4) is 28.7 Å². The molecule has 0 aliphatic rings. The third-order valence-electron chi connectivity index (χ3n) is 5.44. The van der Waals surface area contributed by atoms with Gasteiger partial charge in [-0.3, -0.25) is 9.48 Å². The smallest absolute Gasteiger partial charge is 0.273 e. The quantitative estimate of drug-likeness (QED) is 0.370. The summed E-state index contributed by atoms with van der Waals surface area (Å²) < 4.78 is 22.3. The fourth-order valence-corrected chi connectivity index (χ4v) is 3.73. The first-order valence-corrected chi connectivity index (χ1v) is 11.1. The number of anilines is 1. The molecule has 36 heavy (non-hydrogen) atoms. The Morgan fingerprint density at radius 2 is 1.69 bits per heavy atom. The van der Waals surface area contributed by atoms with E-state index in [1.807, 2.05) is 19.9 Å². The highest BCUT2D eigenvalue weighted by Crippen LogP contribution is 2.24. The van der Waals surface area contributed by atoms with Crippen LogP contribution >= 0.6 is 0 Å². The Balaban J connectivity index is 1.27. The summed E-state index contributed by atoms with van der Waals surface area (Å²) in [4.78, 5) is 21.3. The number of halogens is 1. The van der Waals surface area contributed by atoms with Gasteiger partial charge in [0.1, 0.15) is 23.6 Å². The van der Waals surface area contributed by atoms with E-state index < -0.39 is 0 Å². The first kappa shape index (κ1) is 22.9. The maximum absolute atomic E-state index is 13.2. The lowest BCUT2D eigenvalue weighted by Crippen LogP contribution is -2.15. The summed E-state index contributed by atoms with van der Waals surface area (Å²) in [6.07, 6.45) is 1.42. The standard InChI is InChI=1S/C26H22FN7O2/c1-16-12-17(2)34(31-16)24-14-25(29-15-28-24)36-21-10-8-20(9-11-21)30-26(35)23-13-22(32-33(23)3)18-4-6-19(27)7-5-18/h4-15H,1-3H3,(H,30,35). The summed E-state index contributed by atoms with van der Waals surface area (Å²) in [7, 11) is 1.68. The van der Waals surface area contributed by atoms with Gasteiger partial charge in [0, 0.05) is 30.1 Å². The van der Waals surface area contributed by atoms with Crippen molar-refractivity contribution in [3.05, 3.63) is 96.0 Å². The second-order valence-electron chi connectivity index (χ2n) is 8.18. The van der Waals surface area contributed by atoms with Crippen LogP contribution in [0.1, 0.15) is 21.9 Å². The molecule has 0 aliphatic carbocycles. The van der Waals surface area contributed by atoms with Crippen LogP contribution in [0.2, 0.25) is 0 Å². The maximum atomic E-state index is 13.2. The van der Waals surface area contributed by atoms with Gasteiger partial charge in [-0.05, 0) is 74.5 Å². The molecule has 2 aromatic carbocycles. The van der Waals surface area contributed by atoms with Gasteiger partial charge in [0.25, 0.3) is 5.91 Å². The largest absolute Gasteiger partial charge is 0.439 e. The van der Waals surface area contributed by atoms with E-state index in [2.05, 4.69) is 25.5 Å². The van der Waals surface area contributed by atoms with Crippen molar-refractivity contribution >= 4 is 11.6 Å². The molecular weight excluding hydrogens is 461 g/mol. The van der Waals surface area contributed by atoms with Gasteiger partial charge < -0.3 is 10.1 Å². The highest BCUT2D eigenvalue weighted by atomic mass is 19.1. The Morgan fingerprint density at radius 3 is 2.39 bits per heavy atom.